The first-order valence-corrected chi connectivity index (χ1v) is 5.02. The SMILES string of the molecule is C[C@H](O)COc1cc(Br)ccc1Cl. The van der Waals surface area contributed by atoms with Crippen LogP contribution in [0.3, 0.4) is 0 Å². The Morgan fingerprint density at radius 1 is 1.62 bits per heavy atom. The Labute approximate surface area is 90.6 Å². The maximum atomic E-state index is 8.99. The van der Waals surface area contributed by atoms with Crippen molar-refractivity contribution in [2.45, 2.75) is 13.0 Å². The lowest BCUT2D eigenvalue weighted by atomic mass is 10.3. The Morgan fingerprint density at radius 2 is 2.31 bits per heavy atom. The van der Waals surface area contributed by atoms with Crippen molar-refractivity contribution in [3.8, 4) is 5.75 Å². The Morgan fingerprint density at radius 3 is 2.92 bits per heavy atom. The van der Waals surface area contributed by atoms with Gasteiger partial charge in [0.2, 0.25) is 0 Å². The van der Waals surface area contributed by atoms with Gasteiger partial charge in [0.05, 0.1) is 11.1 Å². The van der Waals surface area contributed by atoms with Gasteiger partial charge in [0.1, 0.15) is 12.4 Å². The van der Waals surface area contributed by atoms with Gasteiger partial charge in [-0.2, -0.15) is 0 Å². The zero-order chi connectivity index (χ0) is 9.84. The van der Waals surface area contributed by atoms with Crippen molar-refractivity contribution in [2.24, 2.45) is 0 Å². The highest BCUT2D eigenvalue weighted by molar-refractivity contribution is 9.10. The van der Waals surface area contributed by atoms with Crippen molar-refractivity contribution < 1.29 is 9.84 Å². The van der Waals surface area contributed by atoms with Gasteiger partial charge < -0.3 is 9.84 Å². The van der Waals surface area contributed by atoms with E-state index in [1.165, 1.54) is 0 Å². The van der Waals surface area contributed by atoms with Gasteiger partial charge in [-0.3, -0.25) is 0 Å². The Kier molecular flexibility index (Phi) is 4.03. The van der Waals surface area contributed by atoms with E-state index in [2.05, 4.69) is 15.9 Å². The van der Waals surface area contributed by atoms with Crippen LogP contribution in [0, 0.1) is 0 Å². The molecule has 72 valence electrons. The van der Waals surface area contributed by atoms with Crippen LogP contribution < -0.4 is 4.74 Å². The molecule has 0 saturated carbocycles. The molecular formula is C9H10BrClO2. The van der Waals surface area contributed by atoms with Crippen LogP contribution in [-0.4, -0.2) is 17.8 Å². The quantitative estimate of drug-likeness (QED) is 0.911. The van der Waals surface area contributed by atoms with Gasteiger partial charge in [0.25, 0.3) is 0 Å². The molecule has 0 aliphatic rings. The summed E-state index contributed by atoms with van der Waals surface area (Å²) >= 11 is 9.15. The van der Waals surface area contributed by atoms with E-state index in [0.29, 0.717) is 10.8 Å². The molecule has 4 heteroatoms. The van der Waals surface area contributed by atoms with Crippen molar-refractivity contribution in [3.05, 3.63) is 27.7 Å². The topological polar surface area (TPSA) is 29.5 Å². The first-order valence-electron chi connectivity index (χ1n) is 3.85. The van der Waals surface area contributed by atoms with Crippen LogP contribution in [-0.2, 0) is 0 Å². The van der Waals surface area contributed by atoms with Gasteiger partial charge in [0, 0.05) is 4.47 Å². The van der Waals surface area contributed by atoms with E-state index in [1.54, 1.807) is 19.1 Å². The van der Waals surface area contributed by atoms with Crippen LogP contribution in [0.15, 0.2) is 22.7 Å². The number of halogens is 2. The van der Waals surface area contributed by atoms with Crippen LogP contribution in [0.25, 0.3) is 0 Å². The predicted octanol–water partition coefficient (Wildman–Crippen LogP) is 2.86. The Hall–Kier alpha value is -0.250. The maximum absolute atomic E-state index is 8.99. The summed E-state index contributed by atoms with van der Waals surface area (Å²) in [7, 11) is 0. The monoisotopic (exact) mass is 264 g/mol. The highest BCUT2D eigenvalue weighted by Gasteiger charge is 2.03. The normalized spacial score (nSPS) is 12.6. The third-order valence-corrected chi connectivity index (χ3v) is 2.18. The molecule has 1 aromatic rings. The molecule has 0 saturated heterocycles. The summed E-state index contributed by atoms with van der Waals surface area (Å²) < 4.78 is 6.17. The van der Waals surface area contributed by atoms with Gasteiger partial charge >= 0.3 is 0 Å². The van der Waals surface area contributed by atoms with Gasteiger partial charge in [-0.15, -0.1) is 0 Å². The van der Waals surface area contributed by atoms with Crippen molar-refractivity contribution in [1.29, 1.82) is 0 Å². The molecule has 0 aliphatic carbocycles. The predicted molar refractivity (Wildman–Crippen MR) is 56.3 cm³/mol. The van der Waals surface area contributed by atoms with Crippen LogP contribution in [0.4, 0.5) is 0 Å². The van der Waals surface area contributed by atoms with Crippen LogP contribution >= 0.6 is 27.5 Å². The lowest BCUT2D eigenvalue weighted by Crippen LogP contribution is -2.12. The van der Waals surface area contributed by atoms with Gasteiger partial charge in [0.15, 0.2) is 0 Å². The van der Waals surface area contributed by atoms with Crippen LogP contribution in [0.2, 0.25) is 5.02 Å². The molecule has 0 fully saturated rings. The van der Waals surface area contributed by atoms with E-state index in [-0.39, 0.29) is 6.61 Å². The second-order valence-electron chi connectivity index (χ2n) is 2.73. The minimum absolute atomic E-state index is 0.246. The minimum Gasteiger partial charge on any atom is -0.489 e. The van der Waals surface area contributed by atoms with E-state index in [9.17, 15) is 0 Å². The first-order chi connectivity index (χ1) is 6.09. The molecule has 0 radical (unpaired) electrons. The summed E-state index contributed by atoms with van der Waals surface area (Å²) in [5, 5.41) is 9.54. The molecular weight excluding hydrogens is 255 g/mol. The minimum atomic E-state index is -0.491. The molecule has 1 aromatic carbocycles. The maximum Gasteiger partial charge on any atom is 0.139 e. The number of hydrogen-bond acceptors (Lipinski definition) is 2. The van der Waals surface area contributed by atoms with Crippen molar-refractivity contribution in [2.75, 3.05) is 6.61 Å². The fourth-order valence-corrected chi connectivity index (χ4v) is 1.31. The molecule has 0 unspecified atom stereocenters. The molecule has 0 spiro atoms. The Bertz CT molecular complexity index is 289. The number of aliphatic hydroxyl groups is 1. The van der Waals surface area contributed by atoms with E-state index in [0.717, 1.165) is 4.47 Å². The second kappa shape index (κ2) is 4.84. The van der Waals surface area contributed by atoms with Gasteiger partial charge in [-0.1, -0.05) is 27.5 Å². The fourth-order valence-electron chi connectivity index (χ4n) is 0.798. The third-order valence-electron chi connectivity index (χ3n) is 1.37. The molecule has 1 rings (SSSR count). The molecule has 0 amide bonds. The van der Waals surface area contributed by atoms with Crippen LogP contribution in [0.5, 0.6) is 5.75 Å². The lowest BCUT2D eigenvalue weighted by molar-refractivity contribution is 0.123. The highest BCUT2D eigenvalue weighted by atomic mass is 79.9. The van der Waals surface area contributed by atoms with Crippen molar-refractivity contribution >= 4 is 27.5 Å². The fraction of sp³-hybridized carbons (Fsp3) is 0.333. The molecule has 0 aromatic heterocycles. The van der Waals surface area contributed by atoms with E-state index >= 15 is 0 Å². The van der Waals surface area contributed by atoms with Gasteiger partial charge in [-0.05, 0) is 25.1 Å². The molecule has 2 nitrogen and oxygen atoms in total. The van der Waals surface area contributed by atoms with Crippen molar-refractivity contribution in [1.82, 2.24) is 0 Å². The summed E-state index contributed by atoms with van der Waals surface area (Å²) in [4.78, 5) is 0. The third kappa shape index (κ3) is 3.55. The zero-order valence-electron chi connectivity index (χ0n) is 7.13. The molecule has 0 aliphatic heterocycles. The number of benzene rings is 1. The summed E-state index contributed by atoms with van der Waals surface area (Å²) in [5.41, 5.74) is 0. The highest BCUT2D eigenvalue weighted by Crippen LogP contribution is 2.27. The second-order valence-corrected chi connectivity index (χ2v) is 4.06. The largest absolute Gasteiger partial charge is 0.489 e. The smallest absolute Gasteiger partial charge is 0.139 e. The molecule has 13 heavy (non-hydrogen) atoms. The molecule has 1 atom stereocenters. The summed E-state index contributed by atoms with van der Waals surface area (Å²) in [6, 6.07) is 5.34. The van der Waals surface area contributed by atoms with Crippen LogP contribution in [0.1, 0.15) is 6.92 Å². The molecule has 0 bridgehead atoms. The number of aliphatic hydroxyl groups excluding tert-OH is 1. The van der Waals surface area contributed by atoms with E-state index in [4.69, 9.17) is 21.4 Å². The molecule has 0 heterocycles. The first kappa shape index (κ1) is 10.8. The standard InChI is InChI=1S/C9H10BrClO2/c1-6(12)5-13-9-4-7(10)2-3-8(9)11/h2-4,6,12H,5H2,1H3/t6-/m0/s1. The van der Waals surface area contributed by atoms with E-state index < -0.39 is 6.10 Å². The Balaban J connectivity index is 2.70. The zero-order valence-corrected chi connectivity index (χ0v) is 9.47. The summed E-state index contributed by atoms with van der Waals surface area (Å²) in [5.74, 6) is 0.581. The van der Waals surface area contributed by atoms with Gasteiger partial charge in [-0.25, -0.2) is 0 Å². The van der Waals surface area contributed by atoms with Crippen molar-refractivity contribution in [3.63, 3.8) is 0 Å². The number of rotatable bonds is 3. The lowest BCUT2D eigenvalue weighted by Gasteiger charge is -2.09. The molecule has 1 N–H and O–H groups in total. The van der Waals surface area contributed by atoms with E-state index in [1.807, 2.05) is 6.07 Å². The average Bonchev–Trinajstić information content (AvgIpc) is 2.06. The number of hydrogen-bond donors (Lipinski definition) is 1. The average molecular weight is 266 g/mol. The summed E-state index contributed by atoms with van der Waals surface area (Å²) in [6.07, 6.45) is -0.491. The number of ether oxygens (including phenoxy) is 1. The summed E-state index contributed by atoms with van der Waals surface area (Å²) in [6.45, 7) is 1.90.